The lowest BCUT2D eigenvalue weighted by Crippen LogP contribution is -2.24. The highest BCUT2D eigenvalue weighted by Crippen LogP contribution is 2.17. The highest BCUT2D eigenvalue weighted by atomic mass is 32.1. The van der Waals surface area contributed by atoms with E-state index in [9.17, 15) is 9.59 Å². The van der Waals surface area contributed by atoms with Crippen LogP contribution in [0.5, 0.6) is 5.75 Å². The molecule has 2 amide bonds. The number of aromatic nitrogens is 1. The lowest BCUT2D eigenvalue weighted by molar-refractivity contribution is -0.120. The van der Waals surface area contributed by atoms with Crippen LogP contribution in [0.15, 0.2) is 41.8 Å². The largest absolute Gasteiger partial charge is 0.496 e. The van der Waals surface area contributed by atoms with Gasteiger partial charge in [0.2, 0.25) is 5.91 Å². The van der Waals surface area contributed by atoms with Gasteiger partial charge < -0.3 is 15.4 Å². The van der Waals surface area contributed by atoms with Gasteiger partial charge in [0.25, 0.3) is 5.91 Å². The molecule has 2 rings (SSSR count). The van der Waals surface area contributed by atoms with Crippen molar-refractivity contribution in [1.29, 1.82) is 0 Å². The van der Waals surface area contributed by atoms with Crippen LogP contribution in [-0.4, -0.2) is 23.9 Å². The molecule has 0 saturated heterocycles. The van der Waals surface area contributed by atoms with Gasteiger partial charge in [0.15, 0.2) is 0 Å². The number of methoxy groups -OCH3 is 1. The zero-order valence-electron chi connectivity index (χ0n) is 15.0. The van der Waals surface area contributed by atoms with Crippen LogP contribution in [0, 0.1) is 0 Å². The molecule has 26 heavy (non-hydrogen) atoms. The Kier molecular flexibility index (Phi) is 7.82. The topological polar surface area (TPSA) is 80.3 Å². The Balaban J connectivity index is 1.83. The van der Waals surface area contributed by atoms with Gasteiger partial charge in [-0.05, 0) is 12.5 Å². The summed E-state index contributed by atoms with van der Waals surface area (Å²) in [6.07, 6.45) is 5.06. The molecule has 1 aromatic heterocycles. The first-order valence-electron chi connectivity index (χ1n) is 8.40. The highest BCUT2D eigenvalue weighted by Gasteiger charge is 2.12. The number of nitrogens with one attached hydrogen (secondary N) is 2. The van der Waals surface area contributed by atoms with Crippen LogP contribution in [0.3, 0.4) is 0 Å². The predicted molar refractivity (Wildman–Crippen MR) is 102 cm³/mol. The molecule has 138 valence electrons. The quantitative estimate of drug-likeness (QED) is 0.662. The van der Waals surface area contributed by atoms with Crippen molar-refractivity contribution < 1.29 is 14.3 Å². The molecule has 1 heterocycles. The van der Waals surface area contributed by atoms with Crippen LogP contribution in [-0.2, 0) is 17.9 Å². The summed E-state index contributed by atoms with van der Waals surface area (Å²) in [5.74, 6) is 0.411. The molecule has 0 aliphatic heterocycles. The number of carbonyl (C=O) groups excluding carboxylic acids is 2. The molecule has 0 saturated carbocycles. The second kappa shape index (κ2) is 10.4. The van der Waals surface area contributed by atoms with E-state index in [2.05, 4.69) is 15.6 Å². The van der Waals surface area contributed by atoms with Crippen LogP contribution in [0.1, 0.15) is 40.8 Å². The molecule has 0 aliphatic rings. The first-order valence-corrected chi connectivity index (χ1v) is 9.28. The van der Waals surface area contributed by atoms with Gasteiger partial charge in [-0.3, -0.25) is 9.59 Å². The fourth-order valence-corrected chi connectivity index (χ4v) is 2.93. The van der Waals surface area contributed by atoms with Crippen LogP contribution >= 0.6 is 11.3 Å². The van der Waals surface area contributed by atoms with E-state index >= 15 is 0 Å². The molecule has 2 N–H and O–H groups in total. The van der Waals surface area contributed by atoms with E-state index in [1.807, 2.05) is 43.3 Å². The Morgan fingerprint density at radius 3 is 2.77 bits per heavy atom. The minimum atomic E-state index is -0.254. The molecule has 0 radical (unpaired) electrons. The lowest BCUT2D eigenvalue weighted by atomic mass is 10.2. The van der Waals surface area contributed by atoms with E-state index in [-0.39, 0.29) is 11.8 Å². The first-order chi connectivity index (χ1) is 12.6. The summed E-state index contributed by atoms with van der Waals surface area (Å²) in [5, 5.41) is 8.01. The summed E-state index contributed by atoms with van der Waals surface area (Å²) in [6.45, 7) is 2.70. The Bertz CT molecular complexity index is 771. The van der Waals surface area contributed by atoms with Gasteiger partial charge in [-0.2, -0.15) is 0 Å². The van der Waals surface area contributed by atoms with Crippen molar-refractivity contribution in [2.45, 2.75) is 32.9 Å². The van der Waals surface area contributed by atoms with Crippen LogP contribution in [0.25, 0.3) is 0 Å². The van der Waals surface area contributed by atoms with Crippen molar-refractivity contribution in [3.8, 4) is 5.75 Å². The smallest absolute Gasteiger partial charge is 0.271 e. The Hall–Kier alpha value is -2.67. The summed E-state index contributed by atoms with van der Waals surface area (Å²) in [6, 6.07) is 7.52. The Morgan fingerprint density at radius 2 is 2.00 bits per heavy atom. The zero-order valence-corrected chi connectivity index (χ0v) is 15.8. The number of hydrogen-bond donors (Lipinski definition) is 2. The van der Waals surface area contributed by atoms with E-state index in [1.165, 1.54) is 11.3 Å². The van der Waals surface area contributed by atoms with E-state index in [0.29, 0.717) is 30.2 Å². The van der Waals surface area contributed by atoms with E-state index in [4.69, 9.17) is 4.74 Å². The summed E-state index contributed by atoms with van der Waals surface area (Å²) >= 11 is 1.35. The summed E-state index contributed by atoms with van der Waals surface area (Å²) < 4.78 is 5.27. The van der Waals surface area contributed by atoms with Crippen molar-refractivity contribution in [2.75, 3.05) is 7.11 Å². The number of ether oxygens (including phenoxy) is 1. The second-order valence-electron chi connectivity index (χ2n) is 5.48. The van der Waals surface area contributed by atoms with E-state index in [1.54, 1.807) is 12.5 Å². The van der Waals surface area contributed by atoms with E-state index < -0.39 is 0 Å². The Morgan fingerprint density at radius 1 is 1.19 bits per heavy atom. The SMILES string of the molecule is CCC=CCC(=O)NCc1nc(C(=O)NCc2ccccc2OC)cs1. The fourth-order valence-electron chi connectivity index (χ4n) is 2.21. The van der Waals surface area contributed by atoms with Crippen molar-refractivity contribution in [3.05, 3.63) is 58.1 Å². The number of thiazole rings is 1. The third-order valence-corrected chi connectivity index (χ3v) is 4.41. The maximum atomic E-state index is 12.2. The van der Waals surface area contributed by atoms with Gasteiger partial charge in [0, 0.05) is 23.9 Å². The summed E-state index contributed by atoms with van der Waals surface area (Å²) in [5.41, 5.74) is 1.24. The number of nitrogens with zero attached hydrogens (tertiary/aromatic N) is 1. The van der Waals surface area contributed by atoms with Gasteiger partial charge in [0.05, 0.1) is 13.7 Å². The fraction of sp³-hybridized carbons (Fsp3) is 0.316. The maximum absolute atomic E-state index is 12.2. The number of amides is 2. The van der Waals surface area contributed by atoms with Crippen molar-refractivity contribution >= 4 is 23.2 Å². The molecule has 0 spiro atoms. The Labute approximate surface area is 157 Å². The monoisotopic (exact) mass is 373 g/mol. The van der Waals surface area contributed by atoms with Gasteiger partial charge >= 0.3 is 0 Å². The summed E-state index contributed by atoms with van der Waals surface area (Å²) in [4.78, 5) is 28.2. The third-order valence-electron chi connectivity index (χ3n) is 3.56. The molecular weight excluding hydrogens is 350 g/mol. The minimum Gasteiger partial charge on any atom is -0.496 e. The molecule has 0 fully saturated rings. The van der Waals surface area contributed by atoms with Crippen molar-refractivity contribution in [1.82, 2.24) is 15.6 Å². The molecule has 7 heteroatoms. The molecule has 0 unspecified atom stereocenters. The number of carbonyl (C=O) groups is 2. The van der Waals surface area contributed by atoms with Crippen molar-refractivity contribution in [2.24, 2.45) is 0 Å². The number of para-hydroxylation sites is 1. The number of rotatable bonds is 9. The number of hydrogen-bond acceptors (Lipinski definition) is 5. The van der Waals surface area contributed by atoms with Gasteiger partial charge in [-0.25, -0.2) is 4.98 Å². The molecule has 0 bridgehead atoms. The van der Waals surface area contributed by atoms with Crippen LogP contribution < -0.4 is 15.4 Å². The first kappa shape index (κ1) is 19.7. The molecule has 0 atom stereocenters. The minimum absolute atomic E-state index is 0.0629. The normalized spacial score (nSPS) is 10.7. The van der Waals surface area contributed by atoms with Crippen LogP contribution in [0.2, 0.25) is 0 Å². The highest BCUT2D eigenvalue weighted by molar-refractivity contribution is 7.09. The van der Waals surface area contributed by atoms with E-state index in [0.717, 1.165) is 17.7 Å². The predicted octanol–water partition coefficient (Wildman–Crippen LogP) is 3.05. The molecule has 1 aromatic carbocycles. The summed E-state index contributed by atoms with van der Waals surface area (Å²) in [7, 11) is 1.60. The zero-order chi connectivity index (χ0) is 18.8. The average Bonchev–Trinajstić information content (AvgIpc) is 3.14. The average molecular weight is 373 g/mol. The maximum Gasteiger partial charge on any atom is 0.271 e. The molecule has 2 aromatic rings. The lowest BCUT2D eigenvalue weighted by Gasteiger charge is -2.08. The third kappa shape index (κ3) is 6.00. The van der Waals surface area contributed by atoms with Gasteiger partial charge in [-0.1, -0.05) is 37.3 Å². The second-order valence-corrected chi connectivity index (χ2v) is 6.42. The molecule has 6 nitrogen and oxygen atoms in total. The molecule has 0 aliphatic carbocycles. The number of allylic oxidation sites excluding steroid dienone is 1. The van der Waals surface area contributed by atoms with Crippen LogP contribution in [0.4, 0.5) is 0 Å². The van der Waals surface area contributed by atoms with Crippen molar-refractivity contribution in [3.63, 3.8) is 0 Å². The van der Waals surface area contributed by atoms with Gasteiger partial charge in [0.1, 0.15) is 16.5 Å². The molecular formula is C19H23N3O3S. The number of benzene rings is 1. The van der Waals surface area contributed by atoms with Gasteiger partial charge in [-0.15, -0.1) is 11.3 Å². The standard InChI is InChI=1S/C19H23N3O3S/c1-3-4-5-10-17(23)20-12-18-22-15(13-26-18)19(24)21-11-14-8-6-7-9-16(14)25-2/h4-9,13H,3,10-12H2,1-2H3,(H,20,23)(H,21,24).